The molecule has 6 nitrogen and oxygen atoms in total. The van der Waals surface area contributed by atoms with Gasteiger partial charge in [0, 0.05) is 30.9 Å². The van der Waals surface area contributed by atoms with E-state index in [4.69, 9.17) is 5.73 Å². The Morgan fingerprint density at radius 3 is 2.38 bits per heavy atom. The van der Waals surface area contributed by atoms with Crippen LogP contribution < -0.4 is 11.1 Å². The molecule has 3 amide bonds. The van der Waals surface area contributed by atoms with Gasteiger partial charge in [0.1, 0.15) is 0 Å². The van der Waals surface area contributed by atoms with Crippen molar-refractivity contribution < 1.29 is 9.59 Å². The molecule has 0 aromatic heterocycles. The number of carbonyl (C=O) groups excluding carboxylic acids is 2. The SMILES string of the molecule is CC1=C(c2ccccc2)C(C(N)=O)C2CN(C(=O)NC(C)(C)C)CCN12. The lowest BCUT2D eigenvalue weighted by Gasteiger charge is -2.41. The molecular weight excluding hydrogens is 328 g/mol. The quantitative estimate of drug-likeness (QED) is 0.851. The number of allylic oxidation sites excluding steroid dienone is 1. The second kappa shape index (κ2) is 6.67. The maximum Gasteiger partial charge on any atom is 0.317 e. The predicted molar refractivity (Wildman–Crippen MR) is 102 cm³/mol. The van der Waals surface area contributed by atoms with Crippen LogP contribution in [0.1, 0.15) is 33.3 Å². The summed E-state index contributed by atoms with van der Waals surface area (Å²) in [6.07, 6.45) is 0. The molecule has 140 valence electrons. The molecule has 1 aromatic rings. The van der Waals surface area contributed by atoms with E-state index in [0.29, 0.717) is 19.6 Å². The van der Waals surface area contributed by atoms with Gasteiger partial charge in [-0.3, -0.25) is 4.79 Å². The van der Waals surface area contributed by atoms with Gasteiger partial charge in [-0.25, -0.2) is 4.79 Å². The number of fused-ring (bicyclic) bond motifs is 1. The maximum atomic E-state index is 12.6. The molecule has 1 aromatic carbocycles. The van der Waals surface area contributed by atoms with E-state index in [9.17, 15) is 9.59 Å². The number of hydrogen-bond donors (Lipinski definition) is 2. The summed E-state index contributed by atoms with van der Waals surface area (Å²) in [5.74, 6) is -0.753. The Balaban J connectivity index is 1.87. The van der Waals surface area contributed by atoms with Gasteiger partial charge < -0.3 is 20.9 Å². The summed E-state index contributed by atoms with van der Waals surface area (Å²) in [5, 5.41) is 3.01. The van der Waals surface area contributed by atoms with E-state index < -0.39 is 5.92 Å². The van der Waals surface area contributed by atoms with Gasteiger partial charge in [0.25, 0.3) is 0 Å². The summed E-state index contributed by atoms with van der Waals surface area (Å²) >= 11 is 0. The number of hydrogen-bond acceptors (Lipinski definition) is 3. The molecular formula is C20H28N4O2. The molecule has 6 heteroatoms. The van der Waals surface area contributed by atoms with Crippen LogP contribution in [0.15, 0.2) is 36.0 Å². The zero-order valence-corrected chi connectivity index (χ0v) is 16.0. The summed E-state index contributed by atoms with van der Waals surface area (Å²) in [7, 11) is 0. The second-order valence-electron chi connectivity index (χ2n) is 8.13. The normalized spacial score (nSPS) is 23.1. The van der Waals surface area contributed by atoms with Crippen molar-refractivity contribution in [2.75, 3.05) is 19.6 Å². The number of carbonyl (C=O) groups is 2. The Bertz CT molecular complexity index is 736. The molecule has 2 heterocycles. The van der Waals surface area contributed by atoms with Crippen LogP contribution in [0.5, 0.6) is 0 Å². The summed E-state index contributed by atoms with van der Waals surface area (Å²) in [5.41, 5.74) is 8.60. The van der Waals surface area contributed by atoms with E-state index >= 15 is 0 Å². The molecule has 0 radical (unpaired) electrons. The fourth-order valence-electron chi connectivity index (χ4n) is 4.01. The average Bonchev–Trinajstić information content (AvgIpc) is 2.86. The van der Waals surface area contributed by atoms with Gasteiger partial charge in [-0.15, -0.1) is 0 Å². The number of primary amides is 1. The Kier molecular flexibility index (Phi) is 4.69. The third-order valence-electron chi connectivity index (χ3n) is 5.10. The average molecular weight is 356 g/mol. The third-order valence-corrected chi connectivity index (χ3v) is 5.10. The van der Waals surface area contributed by atoms with E-state index in [1.165, 1.54) is 0 Å². The first kappa shape index (κ1) is 18.3. The van der Waals surface area contributed by atoms with Crippen molar-refractivity contribution in [1.29, 1.82) is 0 Å². The lowest BCUT2D eigenvalue weighted by Crippen LogP contribution is -2.59. The summed E-state index contributed by atoms with van der Waals surface area (Å²) in [6, 6.07) is 9.71. The molecule has 2 unspecified atom stereocenters. The first-order valence-corrected chi connectivity index (χ1v) is 9.08. The Morgan fingerprint density at radius 2 is 1.81 bits per heavy atom. The van der Waals surface area contributed by atoms with Crippen LogP contribution in [0.4, 0.5) is 4.79 Å². The minimum atomic E-state index is -0.414. The minimum Gasteiger partial charge on any atom is -0.369 e. The molecule has 0 bridgehead atoms. The maximum absolute atomic E-state index is 12.6. The lowest BCUT2D eigenvalue weighted by atomic mass is 9.88. The molecule has 3 N–H and O–H groups in total. The van der Waals surface area contributed by atoms with E-state index in [-0.39, 0.29) is 23.5 Å². The zero-order chi connectivity index (χ0) is 19.1. The number of benzene rings is 1. The minimum absolute atomic E-state index is 0.0915. The second-order valence-corrected chi connectivity index (χ2v) is 8.13. The molecule has 3 rings (SSSR count). The third kappa shape index (κ3) is 3.41. The first-order valence-electron chi connectivity index (χ1n) is 9.08. The molecule has 1 saturated heterocycles. The molecule has 2 atom stereocenters. The number of nitrogens with two attached hydrogens (primary N) is 1. The largest absolute Gasteiger partial charge is 0.369 e. The van der Waals surface area contributed by atoms with E-state index in [1.54, 1.807) is 4.90 Å². The number of nitrogens with zero attached hydrogens (tertiary/aromatic N) is 2. The highest BCUT2D eigenvalue weighted by atomic mass is 16.2. The standard InChI is InChI=1S/C20H28N4O2/c1-13-16(14-8-6-5-7-9-14)17(18(21)25)15-12-23(10-11-24(13)15)19(26)22-20(2,3)4/h5-9,15,17H,10-12H2,1-4H3,(H2,21,25)(H,22,26). The van der Waals surface area contributed by atoms with Crippen LogP contribution in [0.3, 0.4) is 0 Å². The molecule has 1 fully saturated rings. The number of rotatable bonds is 2. The monoisotopic (exact) mass is 356 g/mol. The van der Waals surface area contributed by atoms with E-state index in [1.807, 2.05) is 58.0 Å². The van der Waals surface area contributed by atoms with Crippen LogP contribution in [0.25, 0.3) is 5.57 Å². The zero-order valence-electron chi connectivity index (χ0n) is 16.0. The van der Waals surface area contributed by atoms with Crippen molar-refractivity contribution >= 4 is 17.5 Å². The molecule has 2 aliphatic heterocycles. The number of urea groups is 1. The summed E-state index contributed by atoms with van der Waals surface area (Å²) in [4.78, 5) is 28.9. The highest BCUT2D eigenvalue weighted by molar-refractivity contribution is 5.94. The van der Waals surface area contributed by atoms with Gasteiger partial charge in [-0.05, 0) is 38.8 Å². The predicted octanol–water partition coefficient (Wildman–Crippen LogP) is 2.03. The Morgan fingerprint density at radius 1 is 1.15 bits per heavy atom. The van der Waals surface area contributed by atoms with Gasteiger partial charge in [-0.1, -0.05) is 30.3 Å². The van der Waals surface area contributed by atoms with Crippen LogP contribution in [-0.2, 0) is 4.79 Å². The summed E-state index contributed by atoms with van der Waals surface area (Å²) in [6.45, 7) is 9.75. The first-order chi connectivity index (χ1) is 12.2. The van der Waals surface area contributed by atoms with Gasteiger partial charge in [0.05, 0.1) is 12.0 Å². The van der Waals surface area contributed by atoms with Crippen molar-refractivity contribution in [2.24, 2.45) is 11.7 Å². The summed E-state index contributed by atoms with van der Waals surface area (Å²) < 4.78 is 0. The Labute approximate surface area is 155 Å². The van der Waals surface area contributed by atoms with Crippen molar-refractivity contribution in [3.05, 3.63) is 41.6 Å². The van der Waals surface area contributed by atoms with Crippen LogP contribution in [-0.4, -0.2) is 53.0 Å². The van der Waals surface area contributed by atoms with Crippen molar-refractivity contribution in [3.63, 3.8) is 0 Å². The highest BCUT2D eigenvalue weighted by Gasteiger charge is 2.46. The lowest BCUT2D eigenvalue weighted by molar-refractivity contribution is -0.121. The molecule has 26 heavy (non-hydrogen) atoms. The molecule has 0 spiro atoms. The topological polar surface area (TPSA) is 78.7 Å². The molecule has 0 aliphatic carbocycles. The van der Waals surface area contributed by atoms with E-state index in [0.717, 1.165) is 16.8 Å². The van der Waals surface area contributed by atoms with Crippen molar-refractivity contribution in [1.82, 2.24) is 15.1 Å². The number of nitrogens with one attached hydrogen (secondary N) is 1. The van der Waals surface area contributed by atoms with Crippen LogP contribution in [0, 0.1) is 5.92 Å². The number of piperazine rings is 1. The van der Waals surface area contributed by atoms with Crippen molar-refractivity contribution in [3.8, 4) is 0 Å². The van der Waals surface area contributed by atoms with Crippen LogP contribution >= 0.6 is 0 Å². The Hall–Kier alpha value is -2.50. The molecule has 2 aliphatic rings. The number of amides is 3. The fraction of sp³-hybridized carbons (Fsp3) is 0.500. The fourth-order valence-corrected chi connectivity index (χ4v) is 4.01. The van der Waals surface area contributed by atoms with Gasteiger partial charge >= 0.3 is 6.03 Å². The highest BCUT2D eigenvalue weighted by Crippen LogP contribution is 2.41. The van der Waals surface area contributed by atoms with Gasteiger partial charge in [-0.2, -0.15) is 0 Å². The smallest absolute Gasteiger partial charge is 0.317 e. The van der Waals surface area contributed by atoms with Crippen molar-refractivity contribution in [2.45, 2.75) is 39.3 Å². The van der Waals surface area contributed by atoms with Gasteiger partial charge in [0.2, 0.25) is 5.91 Å². The van der Waals surface area contributed by atoms with Gasteiger partial charge in [0.15, 0.2) is 0 Å². The van der Waals surface area contributed by atoms with E-state index in [2.05, 4.69) is 10.2 Å². The van der Waals surface area contributed by atoms with Crippen LogP contribution in [0.2, 0.25) is 0 Å². The molecule has 0 saturated carbocycles.